The van der Waals surface area contributed by atoms with E-state index < -0.39 is 0 Å². The van der Waals surface area contributed by atoms with Crippen molar-refractivity contribution >= 4 is 17.4 Å². The molecule has 21 heavy (non-hydrogen) atoms. The first-order chi connectivity index (χ1) is 10.4. The lowest BCUT2D eigenvalue weighted by atomic mass is 10.0. The predicted octanol–water partition coefficient (Wildman–Crippen LogP) is 3.43. The predicted molar refractivity (Wildman–Crippen MR) is 92.4 cm³/mol. The van der Waals surface area contributed by atoms with Crippen LogP contribution >= 0.6 is 11.8 Å². The number of thioether (sulfide) groups is 1. The second-order valence-corrected chi connectivity index (χ2v) is 6.31. The standard InChI is InChI=1S/C18H22N2S/c1-21-18-10-6-5-9-17(18)20-12-11-19-16(14-20)13-15-7-3-2-4-8-15/h2-10,16,19H,11-14H2,1H3. The number of hydrogen-bond donors (Lipinski definition) is 1. The van der Waals surface area contributed by atoms with E-state index in [1.54, 1.807) is 0 Å². The highest BCUT2D eigenvalue weighted by Crippen LogP contribution is 2.29. The van der Waals surface area contributed by atoms with E-state index >= 15 is 0 Å². The lowest BCUT2D eigenvalue weighted by Crippen LogP contribution is -2.51. The molecule has 2 aromatic carbocycles. The highest BCUT2D eigenvalue weighted by Gasteiger charge is 2.21. The molecule has 1 fully saturated rings. The summed E-state index contributed by atoms with van der Waals surface area (Å²) < 4.78 is 0. The fourth-order valence-electron chi connectivity index (χ4n) is 2.97. The number of benzene rings is 2. The van der Waals surface area contributed by atoms with E-state index in [4.69, 9.17) is 0 Å². The summed E-state index contributed by atoms with van der Waals surface area (Å²) in [6.45, 7) is 3.22. The van der Waals surface area contributed by atoms with E-state index in [2.05, 4.69) is 71.1 Å². The summed E-state index contributed by atoms with van der Waals surface area (Å²) in [4.78, 5) is 3.90. The van der Waals surface area contributed by atoms with Gasteiger partial charge in [0.2, 0.25) is 0 Å². The van der Waals surface area contributed by atoms with Crippen LogP contribution in [0.15, 0.2) is 59.5 Å². The van der Waals surface area contributed by atoms with Gasteiger partial charge in [-0.15, -0.1) is 11.8 Å². The number of nitrogens with zero attached hydrogens (tertiary/aromatic N) is 1. The molecule has 110 valence electrons. The third-order valence-electron chi connectivity index (χ3n) is 4.01. The zero-order valence-corrected chi connectivity index (χ0v) is 13.3. The van der Waals surface area contributed by atoms with Crippen LogP contribution in [0.2, 0.25) is 0 Å². The monoisotopic (exact) mass is 298 g/mol. The Morgan fingerprint density at radius 1 is 1.10 bits per heavy atom. The average Bonchev–Trinajstić information content (AvgIpc) is 2.56. The highest BCUT2D eigenvalue weighted by molar-refractivity contribution is 7.98. The topological polar surface area (TPSA) is 15.3 Å². The zero-order chi connectivity index (χ0) is 14.5. The van der Waals surface area contributed by atoms with Gasteiger partial charge in [-0.3, -0.25) is 0 Å². The number of nitrogens with one attached hydrogen (secondary N) is 1. The molecule has 0 spiro atoms. The first-order valence-electron chi connectivity index (χ1n) is 7.52. The fraction of sp³-hybridized carbons (Fsp3) is 0.333. The molecule has 2 nitrogen and oxygen atoms in total. The normalized spacial score (nSPS) is 18.7. The van der Waals surface area contributed by atoms with E-state index in [1.165, 1.54) is 16.1 Å². The van der Waals surface area contributed by atoms with Gasteiger partial charge >= 0.3 is 0 Å². The summed E-state index contributed by atoms with van der Waals surface area (Å²) >= 11 is 1.83. The lowest BCUT2D eigenvalue weighted by molar-refractivity contribution is 0.453. The Morgan fingerprint density at radius 2 is 1.86 bits per heavy atom. The summed E-state index contributed by atoms with van der Waals surface area (Å²) in [6, 6.07) is 20.0. The molecule has 0 amide bonds. The summed E-state index contributed by atoms with van der Waals surface area (Å²) in [6.07, 6.45) is 3.25. The van der Waals surface area contributed by atoms with E-state index in [1.807, 2.05) is 11.8 Å². The van der Waals surface area contributed by atoms with Gasteiger partial charge in [-0.2, -0.15) is 0 Å². The molecule has 3 rings (SSSR count). The van der Waals surface area contributed by atoms with E-state index in [-0.39, 0.29) is 0 Å². The van der Waals surface area contributed by atoms with Crippen molar-refractivity contribution in [3.63, 3.8) is 0 Å². The van der Waals surface area contributed by atoms with Crippen LogP contribution in [0.5, 0.6) is 0 Å². The van der Waals surface area contributed by atoms with Gasteiger partial charge in [-0.05, 0) is 30.4 Å². The van der Waals surface area contributed by atoms with Crippen molar-refractivity contribution in [2.24, 2.45) is 0 Å². The van der Waals surface area contributed by atoms with Crippen LogP contribution in [0.25, 0.3) is 0 Å². The van der Waals surface area contributed by atoms with Crippen LogP contribution < -0.4 is 10.2 Å². The minimum Gasteiger partial charge on any atom is -0.368 e. The largest absolute Gasteiger partial charge is 0.368 e. The number of piperazine rings is 1. The first-order valence-corrected chi connectivity index (χ1v) is 8.74. The Labute approximate surface area is 131 Å². The number of hydrogen-bond acceptors (Lipinski definition) is 3. The van der Waals surface area contributed by atoms with E-state index in [9.17, 15) is 0 Å². The molecule has 1 atom stereocenters. The van der Waals surface area contributed by atoms with E-state index in [0.717, 1.165) is 26.1 Å². The van der Waals surface area contributed by atoms with Gasteiger partial charge < -0.3 is 10.2 Å². The average molecular weight is 298 g/mol. The SMILES string of the molecule is CSc1ccccc1N1CCNC(Cc2ccccc2)C1. The van der Waals surface area contributed by atoms with Gasteiger partial charge in [0.1, 0.15) is 0 Å². The minimum atomic E-state index is 0.524. The molecule has 1 aliphatic rings. The van der Waals surface area contributed by atoms with Crippen molar-refractivity contribution in [1.82, 2.24) is 5.32 Å². The molecule has 0 bridgehead atoms. The second kappa shape index (κ2) is 7.01. The Morgan fingerprint density at radius 3 is 2.67 bits per heavy atom. The van der Waals surface area contributed by atoms with Crippen molar-refractivity contribution in [2.45, 2.75) is 17.4 Å². The highest BCUT2D eigenvalue weighted by atomic mass is 32.2. The van der Waals surface area contributed by atoms with Gasteiger partial charge in [-0.1, -0.05) is 42.5 Å². The van der Waals surface area contributed by atoms with Crippen LogP contribution in [0, 0.1) is 0 Å². The quantitative estimate of drug-likeness (QED) is 0.871. The Bertz CT molecular complexity index is 570. The molecule has 2 aromatic rings. The maximum Gasteiger partial charge on any atom is 0.0505 e. The number of anilines is 1. The molecule has 1 unspecified atom stereocenters. The van der Waals surface area contributed by atoms with Crippen molar-refractivity contribution in [3.8, 4) is 0 Å². The van der Waals surface area contributed by atoms with Gasteiger partial charge in [0, 0.05) is 30.6 Å². The number of rotatable bonds is 4. The summed E-state index contributed by atoms with van der Waals surface area (Å²) in [7, 11) is 0. The molecule has 0 aromatic heterocycles. The lowest BCUT2D eigenvalue weighted by Gasteiger charge is -2.36. The molecule has 0 aliphatic carbocycles. The smallest absolute Gasteiger partial charge is 0.0505 e. The zero-order valence-electron chi connectivity index (χ0n) is 12.5. The van der Waals surface area contributed by atoms with Gasteiger partial charge in [0.05, 0.1) is 5.69 Å². The second-order valence-electron chi connectivity index (χ2n) is 5.46. The molecule has 3 heteroatoms. The molecule has 1 saturated heterocycles. The summed E-state index contributed by atoms with van der Waals surface area (Å²) in [5, 5.41) is 3.66. The van der Waals surface area contributed by atoms with E-state index in [0.29, 0.717) is 6.04 Å². The van der Waals surface area contributed by atoms with Crippen LogP contribution in [-0.4, -0.2) is 31.9 Å². The molecular formula is C18H22N2S. The van der Waals surface area contributed by atoms with Gasteiger partial charge in [0.15, 0.2) is 0 Å². The maximum atomic E-state index is 3.66. The number of para-hydroxylation sites is 1. The van der Waals surface area contributed by atoms with Crippen LogP contribution in [0.1, 0.15) is 5.56 Å². The molecule has 1 heterocycles. The maximum absolute atomic E-state index is 3.66. The Balaban J connectivity index is 1.71. The van der Waals surface area contributed by atoms with Crippen LogP contribution in [0.4, 0.5) is 5.69 Å². The third kappa shape index (κ3) is 3.60. The molecule has 1 N–H and O–H groups in total. The Hall–Kier alpha value is -1.45. The third-order valence-corrected chi connectivity index (χ3v) is 4.79. The van der Waals surface area contributed by atoms with Crippen molar-refractivity contribution < 1.29 is 0 Å². The van der Waals surface area contributed by atoms with Crippen molar-refractivity contribution in [2.75, 3.05) is 30.8 Å². The van der Waals surface area contributed by atoms with Crippen molar-refractivity contribution in [1.29, 1.82) is 0 Å². The van der Waals surface area contributed by atoms with Crippen LogP contribution in [-0.2, 0) is 6.42 Å². The van der Waals surface area contributed by atoms with Crippen LogP contribution in [0.3, 0.4) is 0 Å². The van der Waals surface area contributed by atoms with Crippen molar-refractivity contribution in [3.05, 3.63) is 60.2 Å². The molecule has 0 radical (unpaired) electrons. The summed E-state index contributed by atoms with van der Waals surface area (Å²) in [5.41, 5.74) is 2.79. The molecular weight excluding hydrogens is 276 g/mol. The molecule has 0 saturated carbocycles. The Kier molecular flexibility index (Phi) is 4.84. The minimum absolute atomic E-state index is 0.524. The van der Waals surface area contributed by atoms with Gasteiger partial charge in [0.25, 0.3) is 0 Å². The molecule has 1 aliphatic heterocycles. The fourth-order valence-corrected chi connectivity index (χ4v) is 3.59. The first kappa shape index (κ1) is 14.5. The summed E-state index contributed by atoms with van der Waals surface area (Å²) in [5.74, 6) is 0. The van der Waals surface area contributed by atoms with Gasteiger partial charge in [-0.25, -0.2) is 0 Å².